The number of fused-ring (bicyclic) bond motifs is 1. The molecule has 2 aromatic heterocycles. The zero-order valence-corrected chi connectivity index (χ0v) is 13.4. The molecule has 0 atom stereocenters. The van der Waals surface area contributed by atoms with Crippen molar-refractivity contribution in [3.63, 3.8) is 0 Å². The predicted molar refractivity (Wildman–Crippen MR) is 86.1 cm³/mol. The molecule has 0 spiro atoms. The molecule has 0 bridgehead atoms. The summed E-state index contributed by atoms with van der Waals surface area (Å²) in [5, 5.41) is 7.85. The molecule has 3 rings (SSSR count). The van der Waals surface area contributed by atoms with E-state index >= 15 is 0 Å². The quantitative estimate of drug-likeness (QED) is 0.941. The highest BCUT2D eigenvalue weighted by Gasteiger charge is 2.24. The van der Waals surface area contributed by atoms with Crippen LogP contribution in [-0.2, 0) is 0 Å². The third kappa shape index (κ3) is 2.62. The third-order valence-corrected chi connectivity index (χ3v) is 4.66. The Balaban J connectivity index is 1.97. The van der Waals surface area contributed by atoms with Gasteiger partial charge in [-0.25, -0.2) is 4.98 Å². The van der Waals surface area contributed by atoms with E-state index in [9.17, 15) is 0 Å². The number of rotatable bonds is 3. The van der Waals surface area contributed by atoms with E-state index in [0.29, 0.717) is 12.0 Å². The summed E-state index contributed by atoms with van der Waals surface area (Å²) in [6.07, 6.45) is 6.81. The maximum atomic E-state index is 4.91. The van der Waals surface area contributed by atoms with Crippen LogP contribution < -0.4 is 10.2 Å². The van der Waals surface area contributed by atoms with Crippen LogP contribution in [0.25, 0.3) is 5.65 Å². The van der Waals surface area contributed by atoms with Crippen LogP contribution in [0.5, 0.6) is 0 Å². The number of nitrogens with zero attached hydrogens (tertiary/aromatic N) is 4. The van der Waals surface area contributed by atoms with Crippen molar-refractivity contribution in [2.75, 3.05) is 26.0 Å². The molecule has 2 aromatic rings. The minimum atomic E-state index is 0.576. The number of hydrogen-bond acceptors (Lipinski definition) is 4. The molecule has 1 fully saturated rings. The van der Waals surface area contributed by atoms with Gasteiger partial charge in [0.05, 0.1) is 6.20 Å². The molecule has 1 N–H and O–H groups in total. The minimum Gasteiger partial charge on any atom is -0.363 e. The number of aromatic nitrogens is 3. The molecule has 0 aliphatic heterocycles. The second-order valence-electron chi connectivity index (χ2n) is 6.33. The van der Waals surface area contributed by atoms with Crippen molar-refractivity contribution in [3.05, 3.63) is 23.5 Å². The maximum absolute atomic E-state index is 4.91. The number of hydrogen-bond donors (Lipinski definition) is 1. The first-order valence-corrected chi connectivity index (χ1v) is 7.80. The standard InChI is InChI=1S/C16H25N5/c1-11-10-18-21-15(20(3)4)9-14(19-16(11)21)12-5-7-13(17-2)8-6-12/h9-10,12-13,17H,5-8H2,1-4H3. The smallest absolute Gasteiger partial charge is 0.160 e. The lowest BCUT2D eigenvalue weighted by Gasteiger charge is -2.28. The van der Waals surface area contributed by atoms with Gasteiger partial charge >= 0.3 is 0 Å². The van der Waals surface area contributed by atoms with Gasteiger partial charge in [-0.3, -0.25) is 0 Å². The average molecular weight is 287 g/mol. The highest BCUT2D eigenvalue weighted by atomic mass is 15.3. The van der Waals surface area contributed by atoms with Crippen LogP contribution in [0.1, 0.15) is 42.9 Å². The first-order chi connectivity index (χ1) is 10.1. The summed E-state index contributed by atoms with van der Waals surface area (Å²) in [6, 6.07) is 2.89. The van der Waals surface area contributed by atoms with Crippen molar-refractivity contribution < 1.29 is 0 Å². The fourth-order valence-electron chi connectivity index (χ4n) is 3.28. The molecule has 0 aromatic carbocycles. The topological polar surface area (TPSA) is 45.5 Å². The largest absolute Gasteiger partial charge is 0.363 e. The van der Waals surface area contributed by atoms with Crippen LogP contribution in [0, 0.1) is 6.92 Å². The van der Waals surface area contributed by atoms with Crippen molar-refractivity contribution in [2.24, 2.45) is 0 Å². The van der Waals surface area contributed by atoms with Crippen molar-refractivity contribution in [1.82, 2.24) is 19.9 Å². The van der Waals surface area contributed by atoms with E-state index in [2.05, 4.69) is 49.4 Å². The molecule has 5 nitrogen and oxygen atoms in total. The zero-order valence-electron chi connectivity index (χ0n) is 13.4. The van der Waals surface area contributed by atoms with E-state index in [0.717, 1.165) is 17.0 Å². The zero-order chi connectivity index (χ0) is 15.0. The minimum absolute atomic E-state index is 0.576. The summed E-state index contributed by atoms with van der Waals surface area (Å²) in [5.41, 5.74) is 3.36. The lowest BCUT2D eigenvalue weighted by molar-refractivity contribution is 0.355. The molecular formula is C16H25N5. The maximum Gasteiger partial charge on any atom is 0.160 e. The van der Waals surface area contributed by atoms with Crippen LogP contribution in [-0.4, -0.2) is 41.8 Å². The Labute approximate surface area is 126 Å². The molecule has 21 heavy (non-hydrogen) atoms. The molecule has 0 radical (unpaired) electrons. The summed E-state index contributed by atoms with van der Waals surface area (Å²) >= 11 is 0. The van der Waals surface area contributed by atoms with Crippen molar-refractivity contribution in [3.8, 4) is 0 Å². The fraction of sp³-hybridized carbons (Fsp3) is 0.625. The van der Waals surface area contributed by atoms with Gasteiger partial charge in [0.15, 0.2) is 5.65 Å². The molecule has 0 saturated heterocycles. The van der Waals surface area contributed by atoms with E-state index in [1.54, 1.807) is 0 Å². The van der Waals surface area contributed by atoms with Gasteiger partial charge in [0.1, 0.15) is 5.82 Å². The Bertz CT molecular complexity index is 623. The fourth-order valence-corrected chi connectivity index (χ4v) is 3.28. The summed E-state index contributed by atoms with van der Waals surface area (Å²) in [7, 11) is 6.19. The second-order valence-corrected chi connectivity index (χ2v) is 6.33. The SMILES string of the molecule is CNC1CCC(c2cc(N(C)C)n3ncc(C)c3n2)CC1. The number of nitrogens with one attached hydrogen (secondary N) is 1. The number of anilines is 1. The van der Waals surface area contributed by atoms with Gasteiger partial charge in [-0.1, -0.05) is 0 Å². The Hall–Kier alpha value is -1.62. The molecule has 1 aliphatic carbocycles. The van der Waals surface area contributed by atoms with Crippen molar-refractivity contribution in [1.29, 1.82) is 0 Å². The summed E-state index contributed by atoms with van der Waals surface area (Å²) < 4.78 is 1.94. The molecule has 1 aliphatic rings. The first kappa shape index (κ1) is 14.3. The molecule has 1 saturated carbocycles. The average Bonchev–Trinajstić information content (AvgIpc) is 2.88. The molecule has 0 amide bonds. The van der Waals surface area contributed by atoms with Crippen LogP contribution in [0.4, 0.5) is 5.82 Å². The van der Waals surface area contributed by atoms with E-state index in [1.165, 1.54) is 31.4 Å². The second kappa shape index (κ2) is 5.64. The van der Waals surface area contributed by atoms with Crippen molar-refractivity contribution in [2.45, 2.75) is 44.6 Å². The Morgan fingerprint density at radius 3 is 2.57 bits per heavy atom. The van der Waals surface area contributed by atoms with Gasteiger partial charge in [-0.2, -0.15) is 9.61 Å². The molecule has 114 valence electrons. The lowest BCUT2D eigenvalue weighted by Crippen LogP contribution is -2.29. The van der Waals surface area contributed by atoms with Crippen LogP contribution >= 0.6 is 0 Å². The first-order valence-electron chi connectivity index (χ1n) is 7.80. The van der Waals surface area contributed by atoms with Gasteiger partial charge in [-0.05, 0) is 39.7 Å². The Morgan fingerprint density at radius 2 is 1.95 bits per heavy atom. The molecular weight excluding hydrogens is 262 g/mol. The summed E-state index contributed by atoms with van der Waals surface area (Å²) in [5.74, 6) is 1.69. The Morgan fingerprint density at radius 1 is 1.24 bits per heavy atom. The monoisotopic (exact) mass is 287 g/mol. The van der Waals surface area contributed by atoms with Gasteiger partial charge in [0, 0.05) is 43.4 Å². The van der Waals surface area contributed by atoms with Crippen LogP contribution in [0.2, 0.25) is 0 Å². The lowest BCUT2D eigenvalue weighted by atomic mass is 9.84. The molecule has 5 heteroatoms. The Kier molecular flexibility index (Phi) is 3.85. The van der Waals surface area contributed by atoms with Gasteiger partial charge in [0.2, 0.25) is 0 Å². The van der Waals surface area contributed by atoms with Gasteiger partial charge < -0.3 is 10.2 Å². The van der Waals surface area contributed by atoms with Crippen LogP contribution in [0.15, 0.2) is 12.3 Å². The van der Waals surface area contributed by atoms with Crippen LogP contribution in [0.3, 0.4) is 0 Å². The normalized spacial score (nSPS) is 22.7. The molecule has 2 heterocycles. The van der Waals surface area contributed by atoms with E-state index in [-0.39, 0.29) is 0 Å². The summed E-state index contributed by atoms with van der Waals surface area (Å²) in [4.78, 5) is 7.02. The van der Waals surface area contributed by atoms with E-state index in [1.807, 2.05) is 10.7 Å². The highest BCUT2D eigenvalue weighted by molar-refractivity contribution is 5.54. The van der Waals surface area contributed by atoms with E-state index < -0.39 is 0 Å². The van der Waals surface area contributed by atoms with Crippen molar-refractivity contribution >= 4 is 11.5 Å². The molecule has 0 unspecified atom stereocenters. The van der Waals surface area contributed by atoms with Gasteiger partial charge in [0.25, 0.3) is 0 Å². The highest BCUT2D eigenvalue weighted by Crippen LogP contribution is 2.33. The van der Waals surface area contributed by atoms with E-state index in [4.69, 9.17) is 4.98 Å². The predicted octanol–water partition coefficient (Wildman–Crippen LogP) is 2.35. The summed E-state index contributed by atoms with van der Waals surface area (Å²) in [6.45, 7) is 2.08. The number of aryl methyl sites for hydroxylation is 1. The third-order valence-electron chi connectivity index (χ3n) is 4.66. The van der Waals surface area contributed by atoms with Gasteiger partial charge in [-0.15, -0.1) is 0 Å².